The molecule has 3 rings (SSSR count). The summed E-state index contributed by atoms with van der Waals surface area (Å²) in [5.41, 5.74) is 7.04. The number of carbonyl (C=O) groups excluding carboxylic acids is 6. The van der Waals surface area contributed by atoms with Crippen LogP contribution in [0.1, 0.15) is 78.4 Å². The molecule has 2 aromatic carbocycles. The molecule has 1 saturated heterocycles. The molecule has 18 heteroatoms. The molecule has 10 N–H and O–H groups in total. The van der Waals surface area contributed by atoms with Crippen LogP contribution in [0.2, 0.25) is 0 Å². The molecule has 0 bridgehead atoms. The number of benzene rings is 2. The zero-order chi connectivity index (χ0) is 45.6. The molecule has 6 amide bonds. The Morgan fingerprint density at radius 2 is 1.21 bits per heavy atom. The summed E-state index contributed by atoms with van der Waals surface area (Å²) in [4.78, 5) is 96.1. The second-order valence-corrected chi connectivity index (χ2v) is 16.8. The number of phenols is 2. The summed E-state index contributed by atoms with van der Waals surface area (Å²) < 4.78 is 0. The topological polar surface area (TPSA) is 270 Å². The highest BCUT2D eigenvalue weighted by atomic mass is 32.1. The number of rotatable bonds is 22. The maximum absolute atomic E-state index is 14.3. The fourth-order valence-electron chi connectivity index (χ4n) is 6.98. The number of hydrogen-bond acceptors (Lipinski definition) is 11. The monoisotopic (exact) mass is 869 g/mol. The maximum Gasteiger partial charge on any atom is 0.326 e. The number of likely N-dealkylation sites (tertiary alicyclic amines) is 1. The first-order valence-corrected chi connectivity index (χ1v) is 21.4. The molecule has 61 heavy (non-hydrogen) atoms. The van der Waals surface area contributed by atoms with E-state index in [1.807, 2.05) is 20.8 Å². The van der Waals surface area contributed by atoms with E-state index in [9.17, 15) is 48.9 Å². The number of carbonyl (C=O) groups is 7. The molecule has 8 atom stereocenters. The normalized spacial score (nSPS) is 17.3. The molecule has 336 valence electrons. The summed E-state index contributed by atoms with van der Waals surface area (Å²) in [6.45, 7) is 10.9. The average Bonchev–Trinajstić information content (AvgIpc) is 3.71. The Bertz CT molecular complexity index is 1830. The second-order valence-electron chi connectivity index (χ2n) is 16.5. The van der Waals surface area contributed by atoms with Crippen molar-refractivity contribution in [1.82, 2.24) is 31.5 Å². The standard InChI is InChI=1S/C43H63N7O10S/c1-7-25(6)36(41(57)48-35(24(4)5)40(56)47-33(43(59)60)21-27-12-16-29(52)17-13-27)49-38(54)32(20-26-10-14-28(51)15-11-26)45-37(53)31(19-23(2)3)46-39(55)34-9-8-18-50(34)42(58)30(44)22-61/h10-17,23-25,30-36,51-52,61H,7-9,18-22,44H2,1-6H3,(H,45,53)(H,46,55)(H,47,56)(H,48,57)(H,49,54)(H,59,60)/t25-,30-,31-,32-,33-,34-,35-,36-/m0/s1. The molecule has 0 aromatic heterocycles. The van der Waals surface area contributed by atoms with Gasteiger partial charge in [-0.15, -0.1) is 0 Å². The fraction of sp³-hybridized carbons (Fsp3) is 0.558. The molecule has 0 aliphatic carbocycles. The number of nitrogens with two attached hydrogens (primary N) is 1. The average molecular weight is 870 g/mol. The molecule has 2 aromatic rings. The zero-order valence-corrected chi connectivity index (χ0v) is 36.6. The van der Waals surface area contributed by atoms with Crippen molar-refractivity contribution in [1.29, 1.82) is 0 Å². The summed E-state index contributed by atoms with van der Waals surface area (Å²) in [6.07, 6.45) is 1.38. The minimum absolute atomic E-state index is 0.00380. The van der Waals surface area contributed by atoms with Crippen molar-refractivity contribution >= 4 is 54.0 Å². The van der Waals surface area contributed by atoms with E-state index < -0.39 is 95.5 Å². The van der Waals surface area contributed by atoms with Crippen molar-refractivity contribution in [2.45, 2.75) is 122 Å². The Kier molecular flexibility index (Phi) is 19.3. The number of carboxylic acid groups (broad SMARTS) is 1. The molecule has 0 radical (unpaired) electrons. The van der Waals surface area contributed by atoms with E-state index in [2.05, 4.69) is 39.2 Å². The van der Waals surface area contributed by atoms with Crippen LogP contribution in [0.4, 0.5) is 0 Å². The third kappa shape index (κ3) is 14.9. The zero-order valence-electron chi connectivity index (χ0n) is 35.7. The maximum atomic E-state index is 14.3. The predicted molar refractivity (Wildman–Crippen MR) is 231 cm³/mol. The van der Waals surface area contributed by atoms with Gasteiger partial charge in [0.25, 0.3) is 0 Å². The van der Waals surface area contributed by atoms with E-state index in [-0.39, 0.29) is 42.4 Å². The first-order valence-electron chi connectivity index (χ1n) is 20.7. The third-order valence-electron chi connectivity index (χ3n) is 10.7. The molecular weight excluding hydrogens is 807 g/mol. The fourth-order valence-corrected chi connectivity index (χ4v) is 7.13. The highest BCUT2D eigenvalue weighted by molar-refractivity contribution is 7.80. The number of amides is 6. The van der Waals surface area contributed by atoms with E-state index in [4.69, 9.17) is 5.73 Å². The first-order chi connectivity index (χ1) is 28.7. The van der Waals surface area contributed by atoms with E-state index in [0.29, 0.717) is 36.9 Å². The van der Waals surface area contributed by atoms with Gasteiger partial charge in [-0.3, -0.25) is 28.8 Å². The van der Waals surface area contributed by atoms with Gasteiger partial charge in [0.15, 0.2) is 0 Å². The van der Waals surface area contributed by atoms with E-state index in [1.54, 1.807) is 32.9 Å². The molecular formula is C43H63N7O10S. The first kappa shape index (κ1) is 50.0. The summed E-state index contributed by atoms with van der Waals surface area (Å²) >= 11 is 4.12. The lowest BCUT2D eigenvalue weighted by atomic mass is 9.95. The molecule has 1 aliphatic rings. The van der Waals surface area contributed by atoms with Crippen LogP contribution in [0.5, 0.6) is 11.5 Å². The van der Waals surface area contributed by atoms with Crippen molar-refractivity contribution in [2.75, 3.05) is 12.3 Å². The van der Waals surface area contributed by atoms with E-state index in [1.165, 1.54) is 41.3 Å². The number of phenolic OH excluding ortho intramolecular Hbond substituents is 2. The van der Waals surface area contributed by atoms with Gasteiger partial charge in [-0.05, 0) is 72.4 Å². The lowest BCUT2D eigenvalue weighted by molar-refractivity contribution is -0.142. The highest BCUT2D eigenvalue weighted by Crippen LogP contribution is 2.20. The van der Waals surface area contributed by atoms with Gasteiger partial charge >= 0.3 is 5.97 Å². The minimum Gasteiger partial charge on any atom is -0.508 e. The van der Waals surface area contributed by atoms with Gasteiger partial charge in [0, 0.05) is 25.1 Å². The third-order valence-corrected chi connectivity index (χ3v) is 11.1. The number of hydrogen-bond donors (Lipinski definition) is 10. The molecule has 1 aliphatic heterocycles. The summed E-state index contributed by atoms with van der Waals surface area (Å²) in [5, 5.41) is 43.0. The van der Waals surface area contributed by atoms with Crippen molar-refractivity contribution in [3.63, 3.8) is 0 Å². The van der Waals surface area contributed by atoms with Crippen molar-refractivity contribution in [3.05, 3.63) is 59.7 Å². The lowest BCUT2D eigenvalue weighted by Gasteiger charge is -2.31. The number of nitrogens with zero attached hydrogens (tertiary/aromatic N) is 1. The number of aliphatic carboxylic acids is 1. The van der Waals surface area contributed by atoms with Gasteiger partial charge in [-0.25, -0.2) is 4.79 Å². The molecule has 0 spiro atoms. The number of thiol groups is 1. The Labute approximate surface area is 362 Å². The highest BCUT2D eigenvalue weighted by Gasteiger charge is 2.39. The van der Waals surface area contributed by atoms with Crippen molar-refractivity contribution in [3.8, 4) is 11.5 Å². The van der Waals surface area contributed by atoms with Gasteiger partial charge in [0.2, 0.25) is 35.4 Å². The molecule has 0 saturated carbocycles. The number of aromatic hydroxyl groups is 2. The predicted octanol–water partition coefficient (Wildman–Crippen LogP) is 1.39. The van der Waals surface area contributed by atoms with Crippen LogP contribution in [0.15, 0.2) is 48.5 Å². The van der Waals surface area contributed by atoms with Crippen LogP contribution in [-0.4, -0.2) is 116 Å². The van der Waals surface area contributed by atoms with Gasteiger partial charge in [-0.1, -0.05) is 72.2 Å². The summed E-state index contributed by atoms with van der Waals surface area (Å²) in [5.74, 6) is -6.14. The quantitative estimate of drug-likeness (QED) is 0.0756. The van der Waals surface area contributed by atoms with Crippen LogP contribution in [0, 0.1) is 17.8 Å². The second kappa shape index (κ2) is 23.6. The molecule has 1 heterocycles. The van der Waals surface area contributed by atoms with Crippen LogP contribution in [0.25, 0.3) is 0 Å². The Morgan fingerprint density at radius 1 is 0.721 bits per heavy atom. The van der Waals surface area contributed by atoms with Gasteiger partial charge < -0.3 is 52.5 Å². The Morgan fingerprint density at radius 3 is 1.70 bits per heavy atom. The SMILES string of the molecule is CC[C@H](C)[C@H](NC(=O)[C@H](Cc1ccc(O)cc1)NC(=O)[C@H](CC(C)C)NC(=O)[C@@H]1CCCN1C(=O)[C@@H](N)CS)C(=O)N[C@H](C(=O)N[C@@H](Cc1ccc(O)cc1)C(=O)O)C(C)C. The molecule has 0 unspecified atom stereocenters. The molecule has 17 nitrogen and oxygen atoms in total. The Hall–Kier alpha value is -5.36. The smallest absolute Gasteiger partial charge is 0.326 e. The van der Waals surface area contributed by atoms with Crippen LogP contribution >= 0.6 is 12.6 Å². The summed E-state index contributed by atoms with van der Waals surface area (Å²) in [7, 11) is 0. The van der Waals surface area contributed by atoms with Crippen molar-refractivity contribution < 1.29 is 48.9 Å². The van der Waals surface area contributed by atoms with E-state index >= 15 is 0 Å². The van der Waals surface area contributed by atoms with Crippen LogP contribution in [0.3, 0.4) is 0 Å². The summed E-state index contributed by atoms with van der Waals surface area (Å²) in [6, 6.07) is 3.96. The van der Waals surface area contributed by atoms with E-state index in [0.717, 1.165) is 0 Å². The number of nitrogens with one attached hydrogen (secondary N) is 5. The van der Waals surface area contributed by atoms with Gasteiger partial charge in [-0.2, -0.15) is 12.6 Å². The minimum atomic E-state index is -1.36. The lowest BCUT2D eigenvalue weighted by Crippen LogP contribution is -2.61. The van der Waals surface area contributed by atoms with Gasteiger partial charge in [0.1, 0.15) is 47.8 Å². The molecule has 1 fully saturated rings. The van der Waals surface area contributed by atoms with Crippen LogP contribution < -0.4 is 32.3 Å². The van der Waals surface area contributed by atoms with Gasteiger partial charge in [0.05, 0.1) is 6.04 Å². The number of carboxylic acids is 1. The largest absolute Gasteiger partial charge is 0.508 e. The Balaban J connectivity index is 1.86. The van der Waals surface area contributed by atoms with Crippen molar-refractivity contribution in [2.24, 2.45) is 23.5 Å². The van der Waals surface area contributed by atoms with Crippen LogP contribution in [-0.2, 0) is 46.4 Å².